The highest BCUT2D eigenvalue weighted by Gasteiger charge is 2.44. The smallest absolute Gasteiger partial charge is 0.144 e. The van der Waals surface area contributed by atoms with Gasteiger partial charge in [-0.2, -0.15) is 0 Å². The summed E-state index contributed by atoms with van der Waals surface area (Å²) in [5.74, 6) is 3.28. The van der Waals surface area contributed by atoms with Gasteiger partial charge in [0.25, 0.3) is 0 Å². The average molecular weight is 274 g/mol. The zero-order chi connectivity index (χ0) is 12.8. The maximum atomic E-state index is 6.12. The molecule has 1 aromatic heterocycles. The molecule has 0 radical (unpaired) electrons. The molecule has 2 atom stereocenters. The minimum Gasteiger partial charge on any atom is -0.360 e. The molecule has 0 bridgehead atoms. The van der Waals surface area contributed by atoms with Crippen molar-refractivity contribution in [2.24, 2.45) is 0 Å². The van der Waals surface area contributed by atoms with Crippen LogP contribution >= 0.6 is 11.6 Å². The van der Waals surface area contributed by atoms with E-state index in [2.05, 4.69) is 35.5 Å². The molecule has 0 spiro atoms. The van der Waals surface area contributed by atoms with Crippen LogP contribution in [-0.2, 0) is 5.88 Å². The first-order valence-electron chi connectivity index (χ1n) is 6.97. The van der Waals surface area contributed by atoms with Gasteiger partial charge in [-0.05, 0) is 30.7 Å². The summed E-state index contributed by atoms with van der Waals surface area (Å²) in [6.45, 7) is 0. The van der Waals surface area contributed by atoms with Gasteiger partial charge < -0.3 is 4.52 Å². The fourth-order valence-electron chi connectivity index (χ4n) is 2.99. The average Bonchev–Trinajstić information content (AvgIpc) is 3.38. The number of rotatable bonds is 4. The Hall–Kier alpha value is -1.28. The third-order valence-corrected chi connectivity index (χ3v) is 4.57. The largest absolute Gasteiger partial charge is 0.360 e. The molecule has 2 aromatic rings. The van der Waals surface area contributed by atoms with E-state index in [1.165, 1.54) is 30.4 Å². The van der Waals surface area contributed by atoms with Crippen LogP contribution in [-0.4, -0.2) is 5.16 Å². The summed E-state index contributed by atoms with van der Waals surface area (Å²) >= 11 is 6.12. The highest BCUT2D eigenvalue weighted by atomic mass is 35.5. The number of halogens is 1. The third kappa shape index (κ3) is 1.99. The van der Waals surface area contributed by atoms with E-state index in [0.29, 0.717) is 23.6 Å². The summed E-state index contributed by atoms with van der Waals surface area (Å²) in [7, 11) is 0. The highest BCUT2D eigenvalue weighted by molar-refractivity contribution is 6.17. The van der Waals surface area contributed by atoms with Gasteiger partial charge in [0.2, 0.25) is 0 Å². The lowest BCUT2D eigenvalue weighted by molar-refractivity contribution is 0.377. The SMILES string of the molecule is ClCc1c(C2CC2c2ccccc2)noc1C1CC1. The summed E-state index contributed by atoms with van der Waals surface area (Å²) in [4.78, 5) is 0. The van der Waals surface area contributed by atoms with Crippen molar-refractivity contribution in [3.8, 4) is 0 Å². The summed E-state index contributed by atoms with van der Waals surface area (Å²) < 4.78 is 5.56. The fourth-order valence-corrected chi connectivity index (χ4v) is 3.26. The van der Waals surface area contributed by atoms with Crippen LogP contribution in [0.15, 0.2) is 34.9 Å². The standard InChI is InChI=1S/C16H16ClNO/c17-9-14-15(18-19-16(14)11-6-7-11)13-8-12(13)10-4-2-1-3-5-10/h1-5,11-13H,6-9H2. The molecule has 0 aliphatic heterocycles. The first-order valence-corrected chi connectivity index (χ1v) is 7.51. The first kappa shape index (κ1) is 11.5. The van der Waals surface area contributed by atoms with E-state index in [9.17, 15) is 0 Å². The van der Waals surface area contributed by atoms with Crippen molar-refractivity contribution in [1.82, 2.24) is 5.16 Å². The van der Waals surface area contributed by atoms with E-state index in [4.69, 9.17) is 16.1 Å². The van der Waals surface area contributed by atoms with Crippen molar-refractivity contribution in [2.45, 2.75) is 42.9 Å². The van der Waals surface area contributed by atoms with Gasteiger partial charge in [-0.25, -0.2) is 0 Å². The lowest BCUT2D eigenvalue weighted by Gasteiger charge is -2.00. The Bertz CT molecular complexity index is 588. The second kappa shape index (κ2) is 4.38. The van der Waals surface area contributed by atoms with Crippen molar-refractivity contribution >= 4 is 11.6 Å². The molecule has 19 heavy (non-hydrogen) atoms. The van der Waals surface area contributed by atoms with Gasteiger partial charge in [-0.3, -0.25) is 0 Å². The Labute approximate surface area is 117 Å². The molecule has 3 heteroatoms. The van der Waals surface area contributed by atoms with Crippen LogP contribution in [0.3, 0.4) is 0 Å². The molecule has 2 fully saturated rings. The van der Waals surface area contributed by atoms with E-state index in [0.717, 1.165) is 11.5 Å². The molecule has 2 aliphatic carbocycles. The number of nitrogens with zero attached hydrogens (tertiary/aromatic N) is 1. The molecule has 1 heterocycles. The van der Waals surface area contributed by atoms with E-state index in [-0.39, 0.29) is 0 Å². The Morgan fingerprint density at radius 1 is 1.16 bits per heavy atom. The summed E-state index contributed by atoms with van der Waals surface area (Å²) in [5, 5.41) is 4.33. The van der Waals surface area contributed by atoms with Gasteiger partial charge in [0, 0.05) is 17.4 Å². The molecule has 98 valence electrons. The molecule has 0 N–H and O–H groups in total. The van der Waals surface area contributed by atoms with Gasteiger partial charge in [0.05, 0.1) is 11.6 Å². The zero-order valence-electron chi connectivity index (χ0n) is 10.7. The number of alkyl halides is 1. The number of hydrogen-bond acceptors (Lipinski definition) is 2. The minimum absolute atomic E-state index is 0.507. The Morgan fingerprint density at radius 2 is 1.95 bits per heavy atom. The Morgan fingerprint density at radius 3 is 2.63 bits per heavy atom. The number of aromatic nitrogens is 1. The first-order chi connectivity index (χ1) is 9.38. The molecule has 4 rings (SSSR count). The lowest BCUT2D eigenvalue weighted by atomic mass is 10.0. The van der Waals surface area contributed by atoms with Crippen LogP contribution in [0, 0.1) is 0 Å². The molecule has 2 unspecified atom stereocenters. The van der Waals surface area contributed by atoms with Crippen LogP contribution in [0.1, 0.15) is 59.6 Å². The second-order valence-corrected chi connectivity index (χ2v) is 5.95. The van der Waals surface area contributed by atoms with Crippen molar-refractivity contribution in [3.63, 3.8) is 0 Å². The Balaban J connectivity index is 1.61. The topological polar surface area (TPSA) is 26.0 Å². The van der Waals surface area contributed by atoms with Gasteiger partial charge in [-0.15, -0.1) is 11.6 Å². The molecule has 2 nitrogen and oxygen atoms in total. The van der Waals surface area contributed by atoms with E-state index < -0.39 is 0 Å². The predicted octanol–water partition coefficient (Wildman–Crippen LogP) is 4.56. The maximum Gasteiger partial charge on any atom is 0.144 e. The van der Waals surface area contributed by atoms with Crippen molar-refractivity contribution < 1.29 is 4.52 Å². The van der Waals surface area contributed by atoms with Gasteiger partial charge in [0.15, 0.2) is 0 Å². The summed E-state index contributed by atoms with van der Waals surface area (Å²) in [5.41, 5.74) is 3.70. The Kier molecular flexibility index (Phi) is 2.66. The normalized spacial score (nSPS) is 25.5. The van der Waals surface area contributed by atoms with Crippen molar-refractivity contribution in [1.29, 1.82) is 0 Å². The third-order valence-electron chi connectivity index (χ3n) is 4.30. The second-order valence-electron chi connectivity index (χ2n) is 5.68. The van der Waals surface area contributed by atoms with E-state index in [1.54, 1.807) is 0 Å². The number of benzene rings is 1. The van der Waals surface area contributed by atoms with Crippen LogP contribution in [0.5, 0.6) is 0 Å². The fraction of sp³-hybridized carbons (Fsp3) is 0.438. The van der Waals surface area contributed by atoms with Gasteiger partial charge in [0.1, 0.15) is 5.76 Å². The van der Waals surface area contributed by atoms with Crippen molar-refractivity contribution in [3.05, 3.63) is 52.9 Å². The maximum absolute atomic E-state index is 6.12. The van der Waals surface area contributed by atoms with Crippen LogP contribution in [0.2, 0.25) is 0 Å². The van der Waals surface area contributed by atoms with Crippen LogP contribution in [0.4, 0.5) is 0 Å². The molecule has 0 amide bonds. The molecule has 0 saturated heterocycles. The molecular formula is C16H16ClNO. The summed E-state index contributed by atoms with van der Waals surface area (Å²) in [6, 6.07) is 10.7. The summed E-state index contributed by atoms with van der Waals surface area (Å²) in [6.07, 6.45) is 3.63. The minimum atomic E-state index is 0.507. The monoisotopic (exact) mass is 273 g/mol. The molecule has 2 saturated carbocycles. The predicted molar refractivity (Wildman–Crippen MR) is 74.6 cm³/mol. The van der Waals surface area contributed by atoms with Gasteiger partial charge in [-0.1, -0.05) is 35.5 Å². The molecule has 1 aromatic carbocycles. The molecular weight excluding hydrogens is 258 g/mol. The van der Waals surface area contributed by atoms with Crippen LogP contribution < -0.4 is 0 Å². The zero-order valence-corrected chi connectivity index (χ0v) is 11.4. The van der Waals surface area contributed by atoms with Crippen LogP contribution in [0.25, 0.3) is 0 Å². The van der Waals surface area contributed by atoms with E-state index in [1.807, 2.05) is 0 Å². The van der Waals surface area contributed by atoms with Crippen molar-refractivity contribution in [2.75, 3.05) is 0 Å². The quantitative estimate of drug-likeness (QED) is 0.763. The van der Waals surface area contributed by atoms with E-state index >= 15 is 0 Å². The highest BCUT2D eigenvalue weighted by Crippen LogP contribution is 2.56. The number of hydrogen-bond donors (Lipinski definition) is 0. The lowest BCUT2D eigenvalue weighted by Crippen LogP contribution is -1.91. The molecule has 2 aliphatic rings. The van der Waals surface area contributed by atoms with Gasteiger partial charge >= 0.3 is 0 Å².